The molecular weight excluding hydrogens is 310 g/mol. The Bertz CT molecular complexity index is 550. The van der Waals surface area contributed by atoms with E-state index in [-0.39, 0.29) is 11.8 Å². The number of nitrogens with one attached hydrogen (secondary N) is 1. The Morgan fingerprint density at radius 2 is 2.29 bits per heavy atom. The van der Waals surface area contributed by atoms with Crippen LogP contribution in [0.4, 0.5) is 0 Å². The molecule has 0 aliphatic carbocycles. The molecule has 0 aromatic carbocycles. The molecular formula is C16H27N5O3. The summed E-state index contributed by atoms with van der Waals surface area (Å²) in [5.74, 6) is 0.736. The van der Waals surface area contributed by atoms with Gasteiger partial charge in [-0.1, -0.05) is 5.21 Å². The molecule has 3 saturated heterocycles. The lowest BCUT2D eigenvalue weighted by Gasteiger charge is -2.49. The van der Waals surface area contributed by atoms with Gasteiger partial charge in [-0.05, 0) is 25.3 Å². The Balaban J connectivity index is 1.54. The molecule has 1 aromatic rings. The first-order valence-electron chi connectivity index (χ1n) is 8.60. The highest BCUT2D eigenvalue weighted by molar-refractivity contribution is 5.79. The first-order valence-corrected chi connectivity index (χ1v) is 8.60. The van der Waals surface area contributed by atoms with Crippen molar-refractivity contribution in [3.63, 3.8) is 0 Å². The fourth-order valence-electron chi connectivity index (χ4n) is 3.89. The van der Waals surface area contributed by atoms with E-state index < -0.39 is 0 Å². The highest BCUT2D eigenvalue weighted by Crippen LogP contribution is 2.36. The number of aromatic nitrogens is 3. The fraction of sp³-hybridized carbons (Fsp3) is 0.812. The van der Waals surface area contributed by atoms with Crippen LogP contribution in [0.3, 0.4) is 0 Å². The SMILES string of the molecule is COCCNC(=O)[C@@H]1CN2CC[C@@H]1C[C@@H]2Cn1cc(COC)nn1. The highest BCUT2D eigenvalue weighted by Gasteiger charge is 2.43. The smallest absolute Gasteiger partial charge is 0.224 e. The summed E-state index contributed by atoms with van der Waals surface area (Å²) >= 11 is 0. The molecule has 2 bridgehead atoms. The van der Waals surface area contributed by atoms with Crippen LogP contribution < -0.4 is 5.32 Å². The second kappa shape index (κ2) is 8.04. The van der Waals surface area contributed by atoms with Gasteiger partial charge in [0.15, 0.2) is 0 Å². The number of methoxy groups -OCH3 is 2. The van der Waals surface area contributed by atoms with Crippen LogP contribution in [-0.2, 0) is 27.4 Å². The van der Waals surface area contributed by atoms with Gasteiger partial charge >= 0.3 is 0 Å². The lowest BCUT2D eigenvalue weighted by Crippen LogP contribution is -2.58. The van der Waals surface area contributed by atoms with E-state index in [0.717, 1.165) is 38.2 Å². The van der Waals surface area contributed by atoms with Gasteiger partial charge in [-0.25, -0.2) is 0 Å². The molecule has 4 atom stereocenters. The van der Waals surface area contributed by atoms with E-state index in [4.69, 9.17) is 9.47 Å². The molecule has 1 amide bonds. The fourth-order valence-corrected chi connectivity index (χ4v) is 3.89. The van der Waals surface area contributed by atoms with Crippen molar-refractivity contribution in [1.29, 1.82) is 0 Å². The van der Waals surface area contributed by atoms with Crippen LogP contribution in [0.1, 0.15) is 18.5 Å². The number of carbonyl (C=O) groups is 1. The Labute approximate surface area is 142 Å². The molecule has 8 heteroatoms. The third-order valence-corrected chi connectivity index (χ3v) is 5.10. The topological polar surface area (TPSA) is 81.5 Å². The van der Waals surface area contributed by atoms with Gasteiger partial charge in [-0.3, -0.25) is 14.4 Å². The minimum absolute atomic E-state index is 0.103. The first-order chi connectivity index (χ1) is 11.7. The number of piperidine rings is 3. The number of hydrogen-bond donors (Lipinski definition) is 1. The molecule has 134 valence electrons. The molecule has 1 unspecified atom stereocenters. The Hall–Kier alpha value is -1.51. The molecule has 3 aliphatic rings. The summed E-state index contributed by atoms with van der Waals surface area (Å²) in [7, 11) is 3.30. The largest absolute Gasteiger partial charge is 0.383 e. The molecule has 3 fully saturated rings. The normalized spacial score (nSPS) is 28.9. The number of nitrogens with zero attached hydrogens (tertiary/aromatic N) is 4. The predicted octanol–water partition coefficient (Wildman–Crippen LogP) is -0.102. The molecule has 24 heavy (non-hydrogen) atoms. The highest BCUT2D eigenvalue weighted by atomic mass is 16.5. The van der Waals surface area contributed by atoms with Crippen LogP contribution >= 0.6 is 0 Å². The van der Waals surface area contributed by atoms with Gasteiger partial charge in [0.1, 0.15) is 5.69 Å². The zero-order valence-electron chi connectivity index (χ0n) is 14.5. The van der Waals surface area contributed by atoms with E-state index >= 15 is 0 Å². The Morgan fingerprint density at radius 1 is 1.42 bits per heavy atom. The van der Waals surface area contributed by atoms with Crippen molar-refractivity contribution < 1.29 is 14.3 Å². The second-order valence-electron chi connectivity index (χ2n) is 6.69. The maximum Gasteiger partial charge on any atom is 0.224 e. The second-order valence-corrected chi connectivity index (χ2v) is 6.69. The minimum Gasteiger partial charge on any atom is -0.383 e. The van der Waals surface area contributed by atoms with E-state index in [1.54, 1.807) is 14.2 Å². The van der Waals surface area contributed by atoms with Gasteiger partial charge in [0, 0.05) is 33.4 Å². The zero-order valence-corrected chi connectivity index (χ0v) is 14.5. The Kier molecular flexibility index (Phi) is 5.80. The number of rotatable bonds is 8. The summed E-state index contributed by atoms with van der Waals surface area (Å²) in [6.45, 7) is 4.37. The van der Waals surface area contributed by atoms with Crippen molar-refractivity contribution in [1.82, 2.24) is 25.2 Å². The molecule has 0 spiro atoms. The molecule has 1 N–H and O–H groups in total. The molecule has 4 heterocycles. The van der Waals surface area contributed by atoms with E-state index in [1.165, 1.54) is 0 Å². The monoisotopic (exact) mass is 337 g/mol. The molecule has 3 aliphatic heterocycles. The van der Waals surface area contributed by atoms with E-state index in [9.17, 15) is 4.79 Å². The van der Waals surface area contributed by atoms with Crippen molar-refractivity contribution in [2.75, 3.05) is 40.5 Å². The summed E-state index contributed by atoms with van der Waals surface area (Å²) < 4.78 is 12.0. The number of fused-ring (bicyclic) bond motifs is 3. The molecule has 4 rings (SSSR count). The van der Waals surface area contributed by atoms with Gasteiger partial charge < -0.3 is 14.8 Å². The van der Waals surface area contributed by atoms with Gasteiger partial charge in [0.25, 0.3) is 0 Å². The molecule has 1 aromatic heterocycles. The van der Waals surface area contributed by atoms with E-state index in [2.05, 4.69) is 20.5 Å². The van der Waals surface area contributed by atoms with Crippen LogP contribution in [0.2, 0.25) is 0 Å². The lowest BCUT2D eigenvalue weighted by molar-refractivity contribution is -0.133. The third-order valence-electron chi connectivity index (χ3n) is 5.10. The quantitative estimate of drug-likeness (QED) is 0.667. The summed E-state index contributed by atoms with van der Waals surface area (Å²) in [5, 5.41) is 11.3. The minimum atomic E-state index is 0.103. The van der Waals surface area contributed by atoms with Crippen molar-refractivity contribution in [3.8, 4) is 0 Å². The average molecular weight is 337 g/mol. The van der Waals surface area contributed by atoms with Crippen molar-refractivity contribution >= 4 is 5.91 Å². The van der Waals surface area contributed by atoms with Crippen LogP contribution in [0, 0.1) is 11.8 Å². The summed E-state index contributed by atoms with van der Waals surface area (Å²) in [5.41, 5.74) is 0.851. The van der Waals surface area contributed by atoms with Crippen LogP contribution in [0.5, 0.6) is 0 Å². The molecule has 8 nitrogen and oxygen atoms in total. The number of ether oxygens (including phenoxy) is 2. The number of carbonyl (C=O) groups excluding carboxylic acids is 1. The summed E-state index contributed by atoms with van der Waals surface area (Å²) in [4.78, 5) is 14.8. The van der Waals surface area contributed by atoms with Crippen LogP contribution in [-0.4, -0.2) is 72.3 Å². The summed E-state index contributed by atoms with van der Waals surface area (Å²) in [6, 6.07) is 0.434. The van der Waals surface area contributed by atoms with E-state index in [1.807, 2.05) is 10.9 Å². The average Bonchev–Trinajstić information content (AvgIpc) is 3.03. The van der Waals surface area contributed by atoms with Crippen LogP contribution in [0.25, 0.3) is 0 Å². The first kappa shape index (κ1) is 17.3. The van der Waals surface area contributed by atoms with Crippen molar-refractivity contribution in [3.05, 3.63) is 11.9 Å². The maximum atomic E-state index is 12.4. The molecule has 0 saturated carbocycles. The van der Waals surface area contributed by atoms with Gasteiger partial charge in [0.2, 0.25) is 5.91 Å². The molecule has 0 radical (unpaired) electrons. The summed E-state index contributed by atoms with van der Waals surface area (Å²) in [6.07, 6.45) is 4.09. The van der Waals surface area contributed by atoms with E-state index in [0.29, 0.717) is 31.7 Å². The number of amides is 1. The Morgan fingerprint density at radius 3 is 3.00 bits per heavy atom. The van der Waals surface area contributed by atoms with Crippen molar-refractivity contribution in [2.45, 2.75) is 32.0 Å². The maximum absolute atomic E-state index is 12.4. The number of hydrogen-bond acceptors (Lipinski definition) is 6. The van der Waals surface area contributed by atoms with Gasteiger partial charge in [-0.2, -0.15) is 0 Å². The predicted molar refractivity (Wildman–Crippen MR) is 87.2 cm³/mol. The third kappa shape index (κ3) is 3.93. The zero-order chi connectivity index (χ0) is 16.9. The van der Waals surface area contributed by atoms with Crippen LogP contribution in [0.15, 0.2) is 6.20 Å². The standard InChI is InChI=1S/C16H27N5O3/c1-23-6-4-17-16(22)15-10-20-5-3-12(15)7-14(20)9-21-8-13(11-24-2)18-19-21/h8,12,14-15H,3-7,9-11H2,1-2H3,(H,17,22)/t12-,14-,15-/m1/s1. The lowest BCUT2D eigenvalue weighted by atomic mass is 9.75. The van der Waals surface area contributed by atoms with Gasteiger partial charge in [0.05, 0.1) is 31.9 Å². The van der Waals surface area contributed by atoms with Gasteiger partial charge in [-0.15, -0.1) is 5.10 Å². The van der Waals surface area contributed by atoms with Crippen molar-refractivity contribution in [2.24, 2.45) is 11.8 Å².